The highest BCUT2D eigenvalue weighted by Gasteiger charge is 2.21. The third kappa shape index (κ3) is 1.68. The average Bonchev–Trinajstić information content (AvgIpc) is 1.77. The monoisotopic (exact) mass is 145 g/mol. The number of carbonyl (C=O) groups is 1. The maximum atomic E-state index is 10.7. The number of aliphatic hydroxyl groups is 1. The van der Waals surface area contributed by atoms with Gasteiger partial charge in [0.25, 0.3) is 0 Å². The van der Waals surface area contributed by atoms with Crippen LogP contribution in [0.25, 0.3) is 0 Å². The molecule has 1 aliphatic rings. The Kier molecular flexibility index (Phi) is 2.24. The first-order valence-electron chi connectivity index (χ1n) is 3.26. The van der Waals surface area contributed by atoms with Crippen LogP contribution in [0.4, 0.5) is 0 Å². The van der Waals surface area contributed by atoms with E-state index in [0.717, 1.165) is 0 Å². The van der Waals surface area contributed by atoms with E-state index in [1.54, 1.807) is 0 Å². The molecule has 0 aromatic heterocycles. The maximum absolute atomic E-state index is 10.7. The van der Waals surface area contributed by atoms with Crippen LogP contribution in [0, 0.1) is 0 Å². The van der Waals surface area contributed by atoms with Gasteiger partial charge in [0.2, 0.25) is 5.91 Å². The molecular weight excluding hydrogens is 134 g/mol. The zero-order valence-electron chi connectivity index (χ0n) is 5.83. The summed E-state index contributed by atoms with van der Waals surface area (Å²) in [4.78, 5) is 10.7. The Morgan fingerprint density at radius 1 is 1.80 bits per heavy atom. The topological polar surface area (TPSA) is 58.6 Å². The molecule has 0 aliphatic carbocycles. The van der Waals surface area contributed by atoms with E-state index in [4.69, 9.17) is 9.84 Å². The summed E-state index contributed by atoms with van der Waals surface area (Å²) in [6, 6.07) is 0.113. The Morgan fingerprint density at radius 3 is 2.70 bits per heavy atom. The minimum atomic E-state index is -0.916. The minimum absolute atomic E-state index is 0.113. The summed E-state index contributed by atoms with van der Waals surface area (Å²) in [5.41, 5.74) is 0. The molecule has 0 spiro atoms. The fraction of sp³-hybridized carbons (Fsp3) is 0.833. The van der Waals surface area contributed by atoms with Crippen molar-refractivity contribution in [3.63, 3.8) is 0 Å². The van der Waals surface area contributed by atoms with Crippen LogP contribution in [-0.4, -0.2) is 36.4 Å². The fourth-order valence-corrected chi connectivity index (χ4v) is 0.641. The molecule has 4 heteroatoms. The largest absolute Gasteiger partial charge is 0.384 e. The molecule has 1 atom stereocenters. The van der Waals surface area contributed by atoms with Crippen LogP contribution in [0.15, 0.2) is 0 Å². The lowest BCUT2D eigenvalue weighted by Gasteiger charge is -2.27. The Balaban J connectivity index is 2.17. The van der Waals surface area contributed by atoms with Gasteiger partial charge in [-0.3, -0.25) is 4.79 Å². The summed E-state index contributed by atoms with van der Waals surface area (Å²) < 4.78 is 4.82. The van der Waals surface area contributed by atoms with Crippen LogP contribution < -0.4 is 5.32 Å². The molecule has 1 fully saturated rings. The van der Waals surface area contributed by atoms with E-state index in [1.807, 2.05) is 0 Å². The summed E-state index contributed by atoms with van der Waals surface area (Å²) in [5.74, 6) is -0.326. The van der Waals surface area contributed by atoms with Gasteiger partial charge in [-0.15, -0.1) is 0 Å². The predicted octanol–water partition coefficient (Wildman–Crippen LogP) is -1.12. The van der Waals surface area contributed by atoms with Gasteiger partial charge >= 0.3 is 0 Å². The van der Waals surface area contributed by atoms with Crippen LogP contribution in [0.5, 0.6) is 0 Å². The van der Waals surface area contributed by atoms with E-state index in [9.17, 15) is 4.79 Å². The van der Waals surface area contributed by atoms with Crippen molar-refractivity contribution in [3.05, 3.63) is 0 Å². The van der Waals surface area contributed by atoms with Gasteiger partial charge in [0.05, 0.1) is 19.3 Å². The van der Waals surface area contributed by atoms with E-state index in [-0.39, 0.29) is 11.9 Å². The van der Waals surface area contributed by atoms with Gasteiger partial charge in [-0.25, -0.2) is 0 Å². The first-order valence-corrected chi connectivity index (χ1v) is 3.26. The normalized spacial score (nSPS) is 21.4. The van der Waals surface area contributed by atoms with Gasteiger partial charge < -0.3 is 15.2 Å². The van der Waals surface area contributed by atoms with E-state index >= 15 is 0 Å². The molecule has 4 nitrogen and oxygen atoms in total. The highest BCUT2D eigenvalue weighted by Crippen LogP contribution is 1.99. The Labute approximate surface area is 59.2 Å². The molecular formula is C6H11NO3. The number of ether oxygens (including phenoxy) is 1. The summed E-state index contributed by atoms with van der Waals surface area (Å²) in [5, 5.41) is 11.3. The van der Waals surface area contributed by atoms with Crippen molar-refractivity contribution in [3.8, 4) is 0 Å². The van der Waals surface area contributed by atoms with Crippen molar-refractivity contribution in [2.24, 2.45) is 0 Å². The average molecular weight is 145 g/mol. The molecule has 2 N–H and O–H groups in total. The fourth-order valence-electron chi connectivity index (χ4n) is 0.641. The number of hydrogen-bond donors (Lipinski definition) is 2. The third-order valence-electron chi connectivity index (χ3n) is 1.36. The zero-order valence-corrected chi connectivity index (χ0v) is 5.83. The van der Waals surface area contributed by atoms with Crippen molar-refractivity contribution in [2.75, 3.05) is 13.2 Å². The third-order valence-corrected chi connectivity index (χ3v) is 1.36. The lowest BCUT2D eigenvalue weighted by molar-refractivity contribution is -0.132. The lowest BCUT2D eigenvalue weighted by Crippen LogP contribution is -2.51. The standard InChI is InChI=1S/C6H11NO3/c1-4(8)6(9)7-5-2-10-3-5/h4-5,8H,2-3H2,1H3,(H,7,9). The van der Waals surface area contributed by atoms with Gasteiger partial charge in [0, 0.05) is 0 Å². The van der Waals surface area contributed by atoms with Crippen molar-refractivity contribution in [2.45, 2.75) is 19.1 Å². The summed E-state index contributed by atoms with van der Waals surface area (Å²) in [7, 11) is 0. The van der Waals surface area contributed by atoms with Gasteiger partial charge in [0.1, 0.15) is 6.10 Å². The molecule has 1 rings (SSSR count). The number of aliphatic hydroxyl groups excluding tert-OH is 1. The van der Waals surface area contributed by atoms with E-state index in [0.29, 0.717) is 13.2 Å². The van der Waals surface area contributed by atoms with Crippen molar-refractivity contribution >= 4 is 5.91 Å². The molecule has 1 unspecified atom stereocenters. The molecule has 1 amide bonds. The minimum Gasteiger partial charge on any atom is -0.384 e. The SMILES string of the molecule is CC(O)C(=O)NC1COC1. The first-order chi connectivity index (χ1) is 4.70. The lowest BCUT2D eigenvalue weighted by atomic mass is 10.2. The zero-order chi connectivity index (χ0) is 7.56. The van der Waals surface area contributed by atoms with Gasteiger partial charge in [-0.1, -0.05) is 0 Å². The molecule has 1 heterocycles. The molecule has 10 heavy (non-hydrogen) atoms. The summed E-state index contributed by atoms with van der Waals surface area (Å²) in [6.07, 6.45) is -0.916. The quantitative estimate of drug-likeness (QED) is 0.517. The smallest absolute Gasteiger partial charge is 0.248 e. The Morgan fingerprint density at radius 2 is 2.40 bits per heavy atom. The Hall–Kier alpha value is -0.610. The number of hydrogen-bond acceptors (Lipinski definition) is 3. The molecule has 0 aromatic rings. The van der Waals surface area contributed by atoms with E-state index in [2.05, 4.69) is 5.32 Å². The molecule has 0 bridgehead atoms. The van der Waals surface area contributed by atoms with E-state index < -0.39 is 6.10 Å². The molecule has 0 radical (unpaired) electrons. The second-order valence-electron chi connectivity index (χ2n) is 2.42. The number of nitrogens with one attached hydrogen (secondary N) is 1. The van der Waals surface area contributed by atoms with Crippen LogP contribution in [-0.2, 0) is 9.53 Å². The molecule has 0 saturated carbocycles. The molecule has 1 aliphatic heterocycles. The van der Waals surface area contributed by atoms with Crippen molar-refractivity contribution in [1.29, 1.82) is 0 Å². The van der Waals surface area contributed by atoms with Gasteiger partial charge in [-0.05, 0) is 6.92 Å². The van der Waals surface area contributed by atoms with E-state index in [1.165, 1.54) is 6.92 Å². The first kappa shape index (κ1) is 7.50. The highest BCUT2D eigenvalue weighted by molar-refractivity contribution is 5.80. The van der Waals surface area contributed by atoms with Crippen LogP contribution in [0.1, 0.15) is 6.92 Å². The second kappa shape index (κ2) is 2.98. The summed E-state index contributed by atoms with van der Waals surface area (Å²) in [6.45, 7) is 2.58. The van der Waals surface area contributed by atoms with Crippen LogP contribution >= 0.6 is 0 Å². The number of rotatable bonds is 2. The Bertz CT molecular complexity index is 131. The van der Waals surface area contributed by atoms with Crippen LogP contribution in [0.3, 0.4) is 0 Å². The van der Waals surface area contributed by atoms with Gasteiger partial charge in [0.15, 0.2) is 0 Å². The highest BCUT2D eigenvalue weighted by atomic mass is 16.5. The molecule has 1 saturated heterocycles. The summed E-state index contributed by atoms with van der Waals surface area (Å²) >= 11 is 0. The molecule has 0 aromatic carbocycles. The number of carbonyl (C=O) groups excluding carboxylic acids is 1. The second-order valence-corrected chi connectivity index (χ2v) is 2.42. The predicted molar refractivity (Wildman–Crippen MR) is 34.4 cm³/mol. The van der Waals surface area contributed by atoms with Crippen molar-refractivity contribution < 1.29 is 14.6 Å². The van der Waals surface area contributed by atoms with Gasteiger partial charge in [-0.2, -0.15) is 0 Å². The number of amides is 1. The van der Waals surface area contributed by atoms with Crippen LogP contribution in [0.2, 0.25) is 0 Å². The maximum Gasteiger partial charge on any atom is 0.248 e. The molecule has 58 valence electrons. The van der Waals surface area contributed by atoms with Crippen molar-refractivity contribution in [1.82, 2.24) is 5.32 Å².